The molecule has 3 aromatic rings. The molecule has 0 unspecified atom stereocenters. The summed E-state index contributed by atoms with van der Waals surface area (Å²) in [5.74, 6) is 0. The quantitative estimate of drug-likeness (QED) is 0.314. The van der Waals surface area contributed by atoms with Gasteiger partial charge in [0.2, 0.25) is 10.0 Å². The number of halogens is 3. The zero-order valence-electron chi connectivity index (χ0n) is 16.9. The van der Waals surface area contributed by atoms with E-state index in [2.05, 4.69) is 4.98 Å². The Morgan fingerprint density at radius 2 is 1.70 bits per heavy atom. The van der Waals surface area contributed by atoms with Gasteiger partial charge >= 0.3 is 0 Å². The van der Waals surface area contributed by atoms with Crippen LogP contribution in [0.2, 0.25) is 15.1 Å². The maximum Gasteiger partial charge on any atom is 0.289 e. The highest BCUT2D eigenvalue weighted by Gasteiger charge is 2.31. The smallest absolute Gasteiger partial charge is 0.289 e. The zero-order valence-corrected chi connectivity index (χ0v) is 20.9. The van der Waals surface area contributed by atoms with Gasteiger partial charge in [-0.05, 0) is 29.8 Å². The normalized spacial score (nSPS) is 15.1. The van der Waals surface area contributed by atoms with E-state index in [1.807, 2.05) is 22.4 Å². The van der Waals surface area contributed by atoms with Crippen molar-refractivity contribution < 1.29 is 13.3 Å². The average molecular weight is 548 g/mol. The first-order chi connectivity index (χ1) is 15.6. The van der Waals surface area contributed by atoms with E-state index in [1.54, 1.807) is 6.07 Å². The molecule has 0 N–H and O–H groups in total. The Bertz CT molecular complexity index is 1310. The number of anilines is 1. The third kappa shape index (κ3) is 5.26. The Morgan fingerprint density at radius 1 is 1.00 bits per heavy atom. The highest BCUT2D eigenvalue weighted by atomic mass is 35.5. The minimum atomic E-state index is -3.88. The van der Waals surface area contributed by atoms with Gasteiger partial charge in [-0.25, -0.2) is 13.4 Å². The van der Waals surface area contributed by atoms with Crippen LogP contribution in [0.3, 0.4) is 0 Å². The summed E-state index contributed by atoms with van der Waals surface area (Å²) in [7, 11) is -3.88. The SMILES string of the molecule is O=[N+]([O-])c1cc(S(=O)(=O)N2CCN(c3nc(Cc4ccc(Cl)c(Cl)c4)cs3)CC2)ccc1Cl. The number of piperazine rings is 1. The van der Waals surface area contributed by atoms with Crippen LogP contribution in [0.1, 0.15) is 11.3 Å². The van der Waals surface area contributed by atoms with Crippen LogP contribution in [-0.4, -0.2) is 48.8 Å². The van der Waals surface area contributed by atoms with E-state index < -0.39 is 20.6 Å². The zero-order chi connectivity index (χ0) is 23.8. The summed E-state index contributed by atoms with van der Waals surface area (Å²) in [6.07, 6.45) is 0.608. The Kier molecular flexibility index (Phi) is 7.13. The van der Waals surface area contributed by atoms with Gasteiger partial charge in [-0.2, -0.15) is 4.31 Å². The first-order valence-corrected chi connectivity index (χ1v) is 13.2. The Morgan fingerprint density at radius 3 is 2.36 bits per heavy atom. The molecule has 0 bridgehead atoms. The average Bonchev–Trinajstić information content (AvgIpc) is 3.25. The Labute approximate surface area is 209 Å². The molecule has 13 heteroatoms. The molecular formula is C20H17Cl3N4O4S2. The number of aromatic nitrogens is 1. The molecule has 2 aromatic carbocycles. The number of hydrogen-bond acceptors (Lipinski definition) is 7. The predicted octanol–water partition coefficient (Wildman–Crippen LogP) is 5.11. The maximum absolute atomic E-state index is 13.0. The van der Waals surface area contributed by atoms with Crippen LogP contribution in [0.4, 0.5) is 10.8 Å². The Hall–Kier alpha value is -1.95. The fraction of sp³-hybridized carbons (Fsp3) is 0.250. The molecule has 1 aliphatic rings. The second-order valence-corrected chi connectivity index (χ2v) is 11.3. The molecule has 0 spiro atoms. The van der Waals surface area contributed by atoms with E-state index in [-0.39, 0.29) is 23.0 Å². The molecule has 174 valence electrons. The second kappa shape index (κ2) is 9.73. The van der Waals surface area contributed by atoms with Crippen molar-refractivity contribution in [1.82, 2.24) is 9.29 Å². The lowest BCUT2D eigenvalue weighted by Gasteiger charge is -2.33. The summed E-state index contributed by atoms with van der Waals surface area (Å²) in [6.45, 7) is 1.38. The fourth-order valence-corrected chi connectivity index (χ4v) is 6.27. The van der Waals surface area contributed by atoms with Crippen LogP contribution in [0.5, 0.6) is 0 Å². The van der Waals surface area contributed by atoms with Gasteiger partial charge in [-0.15, -0.1) is 11.3 Å². The van der Waals surface area contributed by atoms with Gasteiger partial charge in [-0.1, -0.05) is 40.9 Å². The molecule has 0 amide bonds. The largest absolute Gasteiger partial charge is 0.345 e. The maximum atomic E-state index is 13.0. The van der Waals surface area contributed by atoms with Gasteiger partial charge in [0.25, 0.3) is 5.69 Å². The summed E-state index contributed by atoms with van der Waals surface area (Å²) in [6, 6.07) is 8.98. The van der Waals surface area contributed by atoms with Gasteiger partial charge in [0, 0.05) is 44.0 Å². The van der Waals surface area contributed by atoms with Gasteiger partial charge in [0.05, 0.1) is 25.6 Å². The summed E-state index contributed by atoms with van der Waals surface area (Å²) in [5, 5.41) is 14.8. The molecule has 0 radical (unpaired) electrons. The highest BCUT2D eigenvalue weighted by molar-refractivity contribution is 7.89. The molecule has 8 nitrogen and oxygen atoms in total. The van der Waals surface area contributed by atoms with E-state index in [1.165, 1.54) is 27.8 Å². The standard InChI is InChI=1S/C20H17Cl3N4O4S2/c21-16-3-1-13(10-18(16)23)9-14-12-32-20(24-14)25-5-7-26(8-6-25)33(30,31)15-2-4-17(22)19(11-15)27(28)29/h1-4,10-12H,5-9H2. The van der Waals surface area contributed by atoms with Crippen molar-refractivity contribution in [3.05, 3.63) is 78.2 Å². The topological polar surface area (TPSA) is 96.6 Å². The van der Waals surface area contributed by atoms with Crippen LogP contribution < -0.4 is 4.90 Å². The predicted molar refractivity (Wildman–Crippen MR) is 130 cm³/mol. The molecule has 0 saturated carbocycles. The van der Waals surface area contributed by atoms with E-state index in [0.29, 0.717) is 29.6 Å². The number of thiazole rings is 1. The molecular weight excluding hydrogens is 531 g/mol. The Balaban J connectivity index is 1.42. The third-order valence-corrected chi connectivity index (χ3v) is 9.07. The lowest BCUT2D eigenvalue weighted by atomic mass is 10.1. The molecule has 1 aliphatic heterocycles. The van der Waals surface area contributed by atoms with Gasteiger partial charge in [-0.3, -0.25) is 10.1 Å². The van der Waals surface area contributed by atoms with Crippen LogP contribution in [-0.2, 0) is 16.4 Å². The monoisotopic (exact) mass is 546 g/mol. The number of nitrogens with zero attached hydrogens (tertiary/aromatic N) is 4. The molecule has 1 fully saturated rings. The van der Waals surface area contributed by atoms with E-state index in [0.717, 1.165) is 22.5 Å². The number of nitro benzene ring substituents is 1. The molecule has 1 saturated heterocycles. The molecule has 2 heterocycles. The summed E-state index contributed by atoms with van der Waals surface area (Å²) in [4.78, 5) is 17.0. The molecule has 0 atom stereocenters. The number of sulfonamides is 1. The third-order valence-electron chi connectivity index (χ3n) is 5.17. The van der Waals surface area contributed by atoms with Crippen LogP contribution in [0.25, 0.3) is 0 Å². The second-order valence-electron chi connectivity index (χ2n) is 7.31. The lowest BCUT2D eigenvalue weighted by Crippen LogP contribution is -2.48. The summed E-state index contributed by atoms with van der Waals surface area (Å²) >= 11 is 19.3. The fourth-order valence-electron chi connectivity index (χ4n) is 3.44. The van der Waals surface area contributed by atoms with Gasteiger partial charge in [0.1, 0.15) is 5.02 Å². The van der Waals surface area contributed by atoms with Crippen LogP contribution >= 0.6 is 46.1 Å². The van der Waals surface area contributed by atoms with Crippen molar-refractivity contribution in [3.63, 3.8) is 0 Å². The van der Waals surface area contributed by atoms with Crippen molar-refractivity contribution in [2.24, 2.45) is 0 Å². The molecule has 1 aromatic heterocycles. The highest BCUT2D eigenvalue weighted by Crippen LogP contribution is 2.30. The minimum Gasteiger partial charge on any atom is -0.345 e. The van der Waals surface area contributed by atoms with Gasteiger partial charge in [0.15, 0.2) is 5.13 Å². The van der Waals surface area contributed by atoms with Crippen LogP contribution in [0.15, 0.2) is 46.7 Å². The minimum absolute atomic E-state index is 0.107. The van der Waals surface area contributed by atoms with Crippen LogP contribution in [0, 0.1) is 10.1 Å². The van der Waals surface area contributed by atoms with Crippen molar-refractivity contribution in [1.29, 1.82) is 0 Å². The van der Waals surface area contributed by atoms with Crippen molar-refractivity contribution in [2.75, 3.05) is 31.1 Å². The first kappa shape index (κ1) is 24.2. The van der Waals surface area contributed by atoms with Crippen molar-refractivity contribution >= 4 is 67.0 Å². The number of nitro groups is 1. The van der Waals surface area contributed by atoms with E-state index >= 15 is 0 Å². The first-order valence-electron chi connectivity index (χ1n) is 9.72. The number of hydrogen-bond donors (Lipinski definition) is 0. The van der Waals surface area contributed by atoms with Crippen molar-refractivity contribution in [3.8, 4) is 0 Å². The van der Waals surface area contributed by atoms with E-state index in [9.17, 15) is 18.5 Å². The molecule has 4 rings (SSSR count). The van der Waals surface area contributed by atoms with E-state index in [4.69, 9.17) is 34.8 Å². The van der Waals surface area contributed by atoms with Gasteiger partial charge < -0.3 is 4.90 Å². The van der Waals surface area contributed by atoms with Crippen molar-refractivity contribution in [2.45, 2.75) is 11.3 Å². The summed E-state index contributed by atoms with van der Waals surface area (Å²) in [5.41, 5.74) is 1.44. The number of rotatable bonds is 6. The number of benzene rings is 2. The molecule has 33 heavy (non-hydrogen) atoms. The summed E-state index contributed by atoms with van der Waals surface area (Å²) < 4.78 is 27.3. The molecule has 0 aliphatic carbocycles. The lowest BCUT2D eigenvalue weighted by molar-refractivity contribution is -0.384.